The van der Waals surface area contributed by atoms with Crippen molar-refractivity contribution in [3.63, 3.8) is 0 Å². The number of morpholine rings is 1. The molecular formula is C12H20N2O6. The highest BCUT2D eigenvalue weighted by Crippen LogP contribution is 2.08. The fraction of sp³-hybridized carbons (Fsp3) is 0.750. The van der Waals surface area contributed by atoms with Gasteiger partial charge in [-0.15, -0.1) is 0 Å². The summed E-state index contributed by atoms with van der Waals surface area (Å²) in [5, 5.41) is 11.2. The minimum Gasteiger partial charge on any atom is -0.480 e. The zero-order valence-corrected chi connectivity index (χ0v) is 11.5. The van der Waals surface area contributed by atoms with Crippen molar-refractivity contribution in [2.24, 2.45) is 0 Å². The van der Waals surface area contributed by atoms with E-state index in [9.17, 15) is 14.4 Å². The fourth-order valence-electron chi connectivity index (χ4n) is 1.79. The third-order valence-corrected chi connectivity index (χ3v) is 2.75. The van der Waals surface area contributed by atoms with E-state index in [1.165, 1.54) is 4.90 Å². The van der Waals surface area contributed by atoms with E-state index in [2.05, 4.69) is 5.32 Å². The standard InChI is InChI=1S/C12H20N2O6/c1-2-3-13-12(18)9-6-19-5-4-14(9)10(15)7-20-8-11(16)17/h9H,2-8H2,1H3,(H,13,18)(H,16,17). The van der Waals surface area contributed by atoms with Gasteiger partial charge < -0.3 is 24.8 Å². The Hall–Kier alpha value is -1.67. The molecule has 1 unspecified atom stereocenters. The van der Waals surface area contributed by atoms with Crippen LogP contribution in [-0.2, 0) is 23.9 Å². The van der Waals surface area contributed by atoms with Gasteiger partial charge in [-0.05, 0) is 6.42 Å². The van der Waals surface area contributed by atoms with Crippen molar-refractivity contribution in [3.05, 3.63) is 0 Å². The summed E-state index contributed by atoms with van der Waals surface area (Å²) < 4.78 is 9.97. The predicted octanol–water partition coefficient (Wildman–Crippen LogP) is -1.16. The van der Waals surface area contributed by atoms with Crippen LogP contribution in [0, 0.1) is 0 Å². The van der Waals surface area contributed by atoms with Crippen LogP contribution in [0.4, 0.5) is 0 Å². The number of rotatable bonds is 7. The van der Waals surface area contributed by atoms with E-state index < -0.39 is 24.5 Å². The molecule has 0 saturated carbocycles. The number of carboxylic acid groups (broad SMARTS) is 1. The lowest BCUT2D eigenvalue weighted by Crippen LogP contribution is -2.56. The van der Waals surface area contributed by atoms with Crippen LogP contribution in [0.25, 0.3) is 0 Å². The number of carbonyl (C=O) groups excluding carboxylic acids is 2. The summed E-state index contributed by atoms with van der Waals surface area (Å²) in [6, 6.07) is -0.684. The van der Waals surface area contributed by atoms with Crippen LogP contribution in [0.1, 0.15) is 13.3 Å². The SMILES string of the molecule is CCCNC(=O)C1COCCN1C(=O)COCC(=O)O. The average Bonchev–Trinajstić information content (AvgIpc) is 2.44. The van der Waals surface area contributed by atoms with Crippen LogP contribution in [0.3, 0.4) is 0 Å². The van der Waals surface area contributed by atoms with Gasteiger partial charge in [0.05, 0.1) is 13.2 Å². The molecule has 0 aromatic carbocycles. The Morgan fingerprint density at radius 2 is 2.15 bits per heavy atom. The maximum absolute atomic E-state index is 11.9. The zero-order valence-electron chi connectivity index (χ0n) is 11.5. The predicted molar refractivity (Wildman–Crippen MR) is 68.1 cm³/mol. The van der Waals surface area contributed by atoms with E-state index in [0.29, 0.717) is 19.7 Å². The van der Waals surface area contributed by atoms with Crippen molar-refractivity contribution in [1.82, 2.24) is 10.2 Å². The topological polar surface area (TPSA) is 105 Å². The van der Waals surface area contributed by atoms with Crippen molar-refractivity contribution in [2.45, 2.75) is 19.4 Å². The Morgan fingerprint density at radius 3 is 2.80 bits per heavy atom. The van der Waals surface area contributed by atoms with E-state index in [-0.39, 0.29) is 19.1 Å². The van der Waals surface area contributed by atoms with Gasteiger partial charge in [-0.1, -0.05) is 6.92 Å². The Morgan fingerprint density at radius 1 is 1.40 bits per heavy atom. The first-order valence-corrected chi connectivity index (χ1v) is 6.50. The Kier molecular flexibility index (Phi) is 6.96. The zero-order chi connectivity index (χ0) is 15.0. The van der Waals surface area contributed by atoms with Crippen molar-refractivity contribution in [2.75, 3.05) is 39.5 Å². The minimum absolute atomic E-state index is 0.139. The second-order valence-corrected chi connectivity index (χ2v) is 4.36. The Bertz CT molecular complexity index is 360. The van der Waals surface area contributed by atoms with E-state index in [1.807, 2.05) is 6.92 Å². The summed E-state index contributed by atoms with van der Waals surface area (Å²) in [6.45, 7) is 2.35. The lowest BCUT2D eigenvalue weighted by molar-refractivity contribution is -0.154. The number of hydrogen-bond acceptors (Lipinski definition) is 5. The lowest BCUT2D eigenvalue weighted by Gasteiger charge is -2.34. The molecule has 1 aliphatic rings. The van der Waals surface area contributed by atoms with Gasteiger partial charge in [-0.3, -0.25) is 9.59 Å². The number of nitrogens with zero attached hydrogens (tertiary/aromatic N) is 1. The van der Waals surface area contributed by atoms with Crippen LogP contribution in [0.5, 0.6) is 0 Å². The number of amides is 2. The van der Waals surface area contributed by atoms with Crippen molar-refractivity contribution < 1.29 is 29.0 Å². The van der Waals surface area contributed by atoms with Gasteiger partial charge in [-0.2, -0.15) is 0 Å². The molecule has 0 bridgehead atoms. The highest BCUT2D eigenvalue weighted by Gasteiger charge is 2.32. The summed E-state index contributed by atoms with van der Waals surface area (Å²) in [7, 11) is 0. The molecule has 1 aliphatic heterocycles. The Balaban J connectivity index is 2.52. The summed E-state index contributed by atoms with van der Waals surface area (Å²) in [5.74, 6) is -1.82. The van der Waals surface area contributed by atoms with Crippen LogP contribution in [0.15, 0.2) is 0 Å². The first-order chi connectivity index (χ1) is 9.56. The number of hydrogen-bond donors (Lipinski definition) is 2. The van der Waals surface area contributed by atoms with E-state index >= 15 is 0 Å². The lowest BCUT2D eigenvalue weighted by atomic mass is 10.2. The molecule has 0 spiro atoms. The molecule has 1 heterocycles. The van der Waals surface area contributed by atoms with Gasteiger partial charge in [0.1, 0.15) is 19.3 Å². The third-order valence-electron chi connectivity index (χ3n) is 2.75. The molecular weight excluding hydrogens is 268 g/mol. The normalized spacial score (nSPS) is 18.6. The maximum Gasteiger partial charge on any atom is 0.329 e. The summed E-state index contributed by atoms with van der Waals surface area (Å²) >= 11 is 0. The van der Waals surface area contributed by atoms with Crippen molar-refractivity contribution >= 4 is 17.8 Å². The van der Waals surface area contributed by atoms with Gasteiger partial charge >= 0.3 is 5.97 Å². The fourth-order valence-corrected chi connectivity index (χ4v) is 1.79. The van der Waals surface area contributed by atoms with E-state index in [0.717, 1.165) is 6.42 Å². The number of carboxylic acids is 1. The minimum atomic E-state index is -1.14. The second-order valence-electron chi connectivity index (χ2n) is 4.36. The molecule has 20 heavy (non-hydrogen) atoms. The number of aliphatic carboxylic acids is 1. The third kappa shape index (κ3) is 5.14. The van der Waals surface area contributed by atoms with Crippen LogP contribution in [-0.4, -0.2) is 73.3 Å². The molecule has 114 valence electrons. The summed E-state index contributed by atoms with van der Waals surface area (Å²) in [4.78, 5) is 35.6. The highest BCUT2D eigenvalue weighted by molar-refractivity contribution is 5.88. The number of carbonyl (C=O) groups is 3. The summed E-state index contributed by atoms with van der Waals surface area (Å²) in [6.07, 6.45) is 0.801. The van der Waals surface area contributed by atoms with Crippen molar-refractivity contribution in [3.8, 4) is 0 Å². The molecule has 0 aromatic heterocycles. The molecule has 0 radical (unpaired) electrons. The van der Waals surface area contributed by atoms with E-state index in [1.54, 1.807) is 0 Å². The monoisotopic (exact) mass is 288 g/mol. The summed E-state index contributed by atoms with van der Waals surface area (Å²) in [5.41, 5.74) is 0. The molecule has 1 saturated heterocycles. The van der Waals surface area contributed by atoms with Gasteiger partial charge in [-0.25, -0.2) is 4.79 Å². The molecule has 2 amide bonds. The maximum atomic E-state index is 11.9. The molecule has 0 aliphatic carbocycles. The van der Waals surface area contributed by atoms with Gasteiger partial charge in [0, 0.05) is 13.1 Å². The quantitative estimate of drug-likeness (QED) is 0.612. The number of ether oxygens (including phenoxy) is 2. The van der Waals surface area contributed by atoms with Gasteiger partial charge in [0.2, 0.25) is 11.8 Å². The molecule has 0 aromatic rings. The van der Waals surface area contributed by atoms with Gasteiger partial charge in [0.15, 0.2) is 0 Å². The highest BCUT2D eigenvalue weighted by atomic mass is 16.5. The van der Waals surface area contributed by atoms with Crippen LogP contribution < -0.4 is 5.32 Å². The van der Waals surface area contributed by atoms with Crippen LogP contribution >= 0.6 is 0 Å². The number of nitrogens with one attached hydrogen (secondary N) is 1. The Labute approximate surface area is 117 Å². The molecule has 1 atom stereocenters. The first-order valence-electron chi connectivity index (χ1n) is 6.50. The van der Waals surface area contributed by atoms with Gasteiger partial charge in [0.25, 0.3) is 0 Å². The molecule has 1 rings (SSSR count). The largest absolute Gasteiger partial charge is 0.480 e. The first kappa shape index (κ1) is 16.4. The molecule has 1 fully saturated rings. The molecule has 8 nitrogen and oxygen atoms in total. The smallest absolute Gasteiger partial charge is 0.329 e. The average molecular weight is 288 g/mol. The van der Waals surface area contributed by atoms with Crippen molar-refractivity contribution in [1.29, 1.82) is 0 Å². The van der Waals surface area contributed by atoms with E-state index in [4.69, 9.17) is 14.6 Å². The molecule has 8 heteroatoms. The second kappa shape index (κ2) is 8.49. The molecule has 2 N–H and O–H groups in total. The van der Waals surface area contributed by atoms with Crippen LogP contribution in [0.2, 0.25) is 0 Å².